The summed E-state index contributed by atoms with van der Waals surface area (Å²) in [6.07, 6.45) is 4.74. The number of hydrogen-bond donors (Lipinski definition) is 1. The Morgan fingerprint density at radius 3 is 2.75 bits per heavy atom. The lowest BCUT2D eigenvalue weighted by atomic mass is 10.2. The van der Waals surface area contributed by atoms with Crippen LogP contribution in [0.2, 0.25) is 0 Å². The Hall–Kier alpha value is -2.26. The Balaban J connectivity index is 1.28. The molecule has 0 radical (unpaired) electrons. The first-order chi connectivity index (χ1) is 13.6. The molecule has 1 N–H and O–H groups in total. The third-order valence-corrected chi connectivity index (χ3v) is 5.76. The molecule has 1 fully saturated rings. The average molecular weight is 387 g/mol. The summed E-state index contributed by atoms with van der Waals surface area (Å²) in [6.45, 7) is 9.18. The van der Waals surface area contributed by atoms with E-state index in [2.05, 4.69) is 35.0 Å². The highest BCUT2D eigenvalue weighted by atomic mass is 16.5. The van der Waals surface area contributed by atoms with Crippen molar-refractivity contribution in [2.24, 2.45) is 0 Å². The second-order valence-electron chi connectivity index (χ2n) is 7.80. The lowest BCUT2D eigenvalue weighted by molar-refractivity contribution is -0.121. The summed E-state index contributed by atoms with van der Waals surface area (Å²) in [5.41, 5.74) is 0.753. The summed E-state index contributed by atoms with van der Waals surface area (Å²) in [7, 11) is 0. The molecule has 152 valence electrons. The topological polar surface area (TPSA) is 92.3 Å². The van der Waals surface area contributed by atoms with Crippen LogP contribution in [0, 0.1) is 6.92 Å². The first-order valence-electron chi connectivity index (χ1n) is 10.2. The molecule has 1 amide bonds. The number of carbonyl (C=O) groups is 1. The molecule has 0 saturated carbocycles. The fraction of sp³-hybridized carbons (Fsp3) is 0.684. The van der Waals surface area contributed by atoms with E-state index < -0.39 is 0 Å². The molecule has 28 heavy (non-hydrogen) atoms. The van der Waals surface area contributed by atoms with Gasteiger partial charge in [-0.2, -0.15) is 0 Å². The Kier molecular flexibility index (Phi) is 5.72. The number of piperazine rings is 1. The van der Waals surface area contributed by atoms with Crippen molar-refractivity contribution in [3.63, 3.8) is 0 Å². The normalized spacial score (nSPS) is 19.8. The van der Waals surface area contributed by atoms with Gasteiger partial charge < -0.3 is 9.09 Å². The van der Waals surface area contributed by atoms with Crippen LogP contribution >= 0.6 is 0 Å². The minimum atomic E-state index is -0.211. The summed E-state index contributed by atoms with van der Waals surface area (Å²) in [4.78, 5) is 17.1. The van der Waals surface area contributed by atoms with Crippen molar-refractivity contribution in [2.75, 3.05) is 31.5 Å². The maximum atomic E-state index is 12.5. The van der Waals surface area contributed by atoms with Crippen LogP contribution in [0.15, 0.2) is 10.6 Å². The largest absolute Gasteiger partial charge is 0.338 e. The molecule has 4 heterocycles. The van der Waals surface area contributed by atoms with E-state index in [1.54, 1.807) is 6.07 Å². The van der Waals surface area contributed by atoms with E-state index in [4.69, 9.17) is 4.52 Å². The molecule has 1 saturated heterocycles. The number of hydrogen-bond acceptors (Lipinski definition) is 7. The van der Waals surface area contributed by atoms with Gasteiger partial charge in [0.05, 0.1) is 18.3 Å². The Morgan fingerprint density at radius 2 is 2.00 bits per heavy atom. The van der Waals surface area contributed by atoms with Gasteiger partial charge in [0.2, 0.25) is 11.8 Å². The van der Waals surface area contributed by atoms with Crippen LogP contribution in [-0.4, -0.2) is 67.8 Å². The summed E-state index contributed by atoms with van der Waals surface area (Å²) in [5.74, 6) is 2.56. The van der Waals surface area contributed by atoms with Gasteiger partial charge in [-0.1, -0.05) is 11.6 Å². The van der Waals surface area contributed by atoms with Gasteiger partial charge in [0, 0.05) is 45.2 Å². The minimum absolute atomic E-state index is 0.0626. The van der Waals surface area contributed by atoms with Gasteiger partial charge in [-0.3, -0.25) is 19.9 Å². The standard InChI is InChI=1S/C19H29N7O2/c1-14-12-18(28-23-14)20-19(27)15(2)25-10-8-24(9-11-25)13-17-22-21-16-6-4-3-5-7-26(16)17/h12,15H,3-11,13H2,1-2H3,(H,20,27). The second-order valence-corrected chi connectivity index (χ2v) is 7.80. The molecule has 0 aromatic carbocycles. The van der Waals surface area contributed by atoms with Gasteiger partial charge in [-0.15, -0.1) is 10.2 Å². The molecule has 2 aliphatic heterocycles. The molecule has 0 bridgehead atoms. The monoisotopic (exact) mass is 387 g/mol. The highest BCUT2D eigenvalue weighted by molar-refractivity contribution is 5.93. The number of aryl methyl sites for hydroxylation is 2. The summed E-state index contributed by atoms with van der Waals surface area (Å²) in [5, 5.41) is 15.4. The van der Waals surface area contributed by atoms with E-state index in [0.717, 1.165) is 63.0 Å². The van der Waals surface area contributed by atoms with Crippen molar-refractivity contribution < 1.29 is 9.32 Å². The smallest absolute Gasteiger partial charge is 0.243 e. The van der Waals surface area contributed by atoms with Gasteiger partial charge in [0.25, 0.3) is 0 Å². The van der Waals surface area contributed by atoms with Gasteiger partial charge >= 0.3 is 0 Å². The Bertz CT molecular complexity index is 807. The number of amides is 1. The zero-order chi connectivity index (χ0) is 19.5. The molecular formula is C19H29N7O2. The summed E-state index contributed by atoms with van der Waals surface area (Å²) < 4.78 is 7.39. The molecule has 0 aliphatic carbocycles. The molecule has 2 aliphatic rings. The predicted octanol–water partition coefficient (Wildman–Crippen LogP) is 1.45. The van der Waals surface area contributed by atoms with E-state index in [9.17, 15) is 4.79 Å². The van der Waals surface area contributed by atoms with E-state index in [-0.39, 0.29) is 11.9 Å². The number of fused-ring (bicyclic) bond motifs is 1. The van der Waals surface area contributed by atoms with Crippen molar-refractivity contribution in [2.45, 2.75) is 58.7 Å². The summed E-state index contributed by atoms with van der Waals surface area (Å²) in [6, 6.07) is 1.52. The van der Waals surface area contributed by atoms with Crippen molar-refractivity contribution in [1.29, 1.82) is 0 Å². The molecule has 2 aromatic rings. The lowest BCUT2D eigenvalue weighted by Gasteiger charge is -2.37. The van der Waals surface area contributed by atoms with E-state index in [0.29, 0.717) is 5.88 Å². The van der Waals surface area contributed by atoms with Crippen LogP contribution in [0.3, 0.4) is 0 Å². The average Bonchev–Trinajstić information content (AvgIpc) is 3.19. The second kappa shape index (κ2) is 8.40. The van der Waals surface area contributed by atoms with Crippen LogP contribution in [0.5, 0.6) is 0 Å². The third-order valence-electron chi connectivity index (χ3n) is 5.76. The number of nitrogens with one attached hydrogen (secondary N) is 1. The maximum absolute atomic E-state index is 12.5. The van der Waals surface area contributed by atoms with Gasteiger partial charge in [-0.25, -0.2) is 0 Å². The SMILES string of the molecule is Cc1cc(NC(=O)C(C)N2CCN(Cc3nnc4n3CCCCC4)CC2)on1. The van der Waals surface area contributed by atoms with Gasteiger partial charge in [-0.05, 0) is 26.7 Å². The maximum Gasteiger partial charge on any atom is 0.243 e. The highest BCUT2D eigenvalue weighted by Gasteiger charge is 2.27. The lowest BCUT2D eigenvalue weighted by Crippen LogP contribution is -2.52. The molecule has 2 aromatic heterocycles. The zero-order valence-corrected chi connectivity index (χ0v) is 16.7. The quantitative estimate of drug-likeness (QED) is 0.830. The van der Waals surface area contributed by atoms with Gasteiger partial charge in [0.1, 0.15) is 11.6 Å². The number of anilines is 1. The molecular weight excluding hydrogens is 358 g/mol. The zero-order valence-electron chi connectivity index (χ0n) is 16.7. The number of carbonyl (C=O) groups excluding carboxylic acids is 1. The van der Waals surface area contributed by atoms with Crippen LogP contribution in [0.4, 0.5) is 5.88 Å². The van der Waals surface area contributed by atoms with Crippen LogP contribution in [0.1, 0.15) is 43.5 Å². The van der Waals surface area contributed by atoms with Crippen molar-refractivity contribution in [1.82, 2.24) is 29.7 Å². The van der Waals surface area contributed by atoms with Crippen LogP contribution < -0.4 is 5.32 Å². The minimum Gasteiger partial charge on any atom is -0.338 e. The molecule has 1 atom stereocenters. The number of aromatic nitrogens is 4. The van der Waals surface area contributed by atoms with Gasteiger partial charge in [0.15, 0.2) is 0 Å². The molecule has 4 rings (SSSR count). The Labute approximate surface area is 165 Å². The number of rotatable bonds is 5. The fourth-order valence-corrected chi connectivity index (χ4v) is 3.99. The number of nitrogens with zero attached hydrogens (tertiary/aromatic N) is 6. The molecule has 0 spiro atoms. The fourth-order valence-electron chi connectivity index (χ4n) is 3.99. The summed E-state index contributed by atoms with van der Waals surface area (Å²) >= 11 is 0. The molecule has 9 heteroatoms. The van der Waals surface area contributed by atoms with Crippen molar-refractivity contribution in [3.8, 4) is 0 Å². The molecule has 9 nitrogen and oxygen atoms in total. The van der Waals surface area contributed by atoms with Crippen LogP contribution in [-0.2, 0) is 24.3 Å². The predicted molar refractivity (Wildman–Crippen MR) is 104 cm³/mol. The van der Waals surface area contributed by atoms with Crippen LogP contribution in [0.25, 0.3) is 0 Å². The molecule has 1 unspecified atom stereocenters. The van der Waals surface area contributed by atoms with E-state index in [1.807, 2.05) is 13.8 Å². The third kappa shape index (κ3) is 4.25. The van der Waals surface area contributed by atoms with Crippen molar-refractivity contribution >= 4 is 11.8 Å². The Morgan fingerprint density at radius 1 is 1.18 bits per heavy atom. The first kappa shape index (κ1) is 19.1. The van der Waals surface area contributed by atoms with Crippen molar-refractivity contribution in [3.05, 3.63) is 23.4 Å². The van der Waals surface area contributed by atoms with E-state index in [1.165, 1.54) is 19.3 Å². The van der Waals surface area contributed by atoms with E-state index >= 15 is 0 Å². The first-order valence-corrected chi connectivity index (χ1v) is 10.2. The highest BCUT2D eigenvalue weighted by Crippen LogP contribution is 2.17.